The minimum absolute atomic E-state index is 0.0867. The number of amides is 1. The Morgan fingerprint density at radius 2 is 1.53 bits per heavy atom. The van der Waals surface area contributed by atoms with Crippen LogP contribution in [0.1, 0.15) is 15.9 Å². The molecule has 2 heterocycles. The number of benzene rings is 3. The predicted octanol–water partition coefficient (Wildman–Crippen LogP) is 5.84. The van der Waals surface area contributed by atoms with Crippen LogP contribution in [0.4, 0.5) is 19.0 Å². The van der Waals surface area contributed by atoms with Crippen molar-refractivity contribution in [3.8, 4) is 5.69 Å². The highest BCUT2D eigenvalue weighted by atomic mass is 19.4. The molecule has 5 rings (SSSR count). The molecule has 0 unspecified atom stereocenters. The van der Waals surface area contributed by atoms with E-state index < -0.39 is 17.6 Å². The Kier molecular flexibility index (Phi) is 4.62. The van der Waals surface area contributed by atoms with Crippen molar-refractivity contribution in [2.45, 2.75) is 6.18 Å². The van der Waals surface area contributed by atoms with E-state index in [1.807, 2.05) is 60.8 Å². The number of hydrogen-bond donors (Lipinski definition) is 1. The molecule has 2 aromatic heterocycles. The molecule has 0 aliphatic carbocycles. The monoisotopic (exact) mass is 432 g/mol. The summed E-state index contributed by atoms with van der Waals surface area (Å²) in [6.45, 7) is 0. The van der Waals surface area contributed by atoms with Gasteiger partial charge in [0.1, 0.15) is 5.52 Å². The Labute approximate surface area is 180 Å². The Bertz CT molecular complexity index is 1440. The van der Waals surface area contributed by atoms with Crippen LogP contribution in [0, 0.1) is 0 Å². The third-order valence-corrected chi connectivity index (χ3v) is 5.09. The molecule has 0 saturated heterocycles. The number of carbonyl (C=O) groups excluding carboxylic acids is 1. The Balaban J connectivity index is 1.58. The van der Waals surface area contributed by atoms with Crippen molar-refractivity contribution >= 4 is 33.5 Å². The summed E-state index contributed by atoms with van der Waals surface area (Å²) >= 11 is 0. The number of halogens is 3. The smallest absolute Gasteiger partial charge is 0.305 e. The second-order valence-corrected chi connectivity index (χ2v) is 7.18. The van der Waals surface area contributed by atoms with E-state index >= 15 is 0 Å². The number of para-hydroxylation sites is 2. The average Bonchev–Trinajstić information content (AvgIpc) is 3.25. The number of anilines is 1. The quantitative estimate of drug-likeness (QED) is 0.389. The molecule has 0 aliphatic rings. The molecule has 0 spiro atoms. The summed E-state index contributed by atoms with van der Waals surface area (Å²) in [4.78, 5) is 17.3. The fourth-order valence-corrected chi connectivity index (χ4v) is 3.51. The first-order valence-corrected chi connectivity index (χ1v) is 9.72. The molecule has 3 aromatic carbocycles. The molecule has 8 heteroatoms. The normalized spacial score (nSPS) is 11.7. The van der Waals surface area contributed by atoms with Crippen molar-refractivity contribution in [3.05, 3.63) is 96.2 Å². The fourth-order valence-electron chi connectivity index (χ4n) is 3.51. The van der Waals surface area contributed by atoms with Gasteiger partial charge in [-0.1, -0.05) is 36.4 Å². The molecular formula is C24H15F3N4O. The third-order valence-electron chi connectivity index (χ3n) is 5.09. The first-order chi connectivity index (χ1) is 15.4. The van der Waals surface area contributed by atoms with E-state index in [0.29, 0.717) is 11.0 Å². The van der Waals surface area contributed by atoms with E-state index in [9.17, 15) is 18.0 Å². The maximum Gasteiger partial charge on any atom is 0.416 e. The highest BCUT2D eigenvalue weighted by Crippen LogP contribution is 2.31. The van der Waals surface area contributed by atoms with Gasteiger partial charge in [0, 0.05) is 22.5 Å². The van der Waals surface area contributed by atoms with Crippen molar-refractivity contribution in [2.24, 2.45) is 0 Å². The standard InChI is InChI=1S/C24H15F3N4O/c25-24(26,27)16-12-10-15(11-13-16)23(32)29-22-21-19(18-8-4-5-9-20(18)28-22)14-31(30-21)17-6-2-1-3-7-17/h1-14H,(H,28,29,32). The van der Waals surface area contributed by atoms with Crippen LogP contribution in [-0.2, 0) is 6.18 Å². The Morgan fingerprint density at radius 3 is 2.25 bits per heavy atom. The number of nitrogens with one attached hydrogen (secondary N) is 1. The van der Waals surface area contributed by atoms with Crippen molar-refractivity contribution in [3.63, 3.8) is 0 Å². The van der Waals surface area contributed by atoms with Crippen LogP contribution >= 0.6 is 0 Å². The van der Waals surface area contributed by atoms with Crippen molar-refractivity contribution in [1.29, 1.82) is 0 Å². The summed E-state index contributed by atoms with van der Waals surface area (Å²) in [7, 11) is 0. The van der Waals surface area contributed by atoms with Crippen LogP contribution in [0.5, 0.6) is 0 Å². The number of pyridine rings is 1. The number of fused-ring (bicyclic) bond motifs is 3. The number of rotatable bonds is 3. The van der Waals surface area contributed by atoms with E-state index in [-0.39, 0.29) is 11.4 Å². The fraction of sp³-hybridized carbons (Fsp3) is 0.0417. The Hall–Kier alpha value is -4.20. The Morgan fingerprint density at radius 1 is 0.844 bits per heavy atom. The zero-order valence-electron chi connectivity index (χ0n) is 16.5. The van der Waals surface area contributed by atoms with Crippen LogP contribution in [0.2, 0.25) is 0 Å². The third kappa shape index (κ3) is 3.56. The van der Waals surface area contributed by atoms with Gasteiger partial charge >= 0.3 is 6.18 Å². The number of alkyl halides is 3. The molecule has 0 aliphatic heterocycles. The van der Waals surface area contributed by atoms with Gasteiger partial charge < -0.3 is 5.32 Å². The minimum atomic E-state index is -4.47. The lowest BCUT2D eigenvalue weighted by atomic mass is 10.1. The summed E-state index contributed by atoms with van der Waals surface area (Å²) in [5.41, 5.74) is 1.25. The molecule has 5 aromatic rings. The van der Waals surface area contributed by atoms with E-state index in [1.54, 1.807) is 4.68 Å². The summed E-state index contributed by atoms with van der Waals surface area (Å²) in [5.74, 6) is -0.338. The van der Waals surface area contributed by atoms with Crippen molar-refractivity contribution < 1.29 is 18.0 Å². The second-order valence-electron chi connectivity index (χ2n) is 7.18. The highest BCUT2D eigenvalue weighted by Gasteiger charge is 2.30. The summed E-state index contributed by atoms with van der Waals surface area (Å²) in [5, 5.41) is 8.99. The molecule has 0 saturated carbocycles. The van der Waals surface area contributed by atoms with Crippen LogP contribution in [-0.4, -0.2) is 20.7 Å². The molecule has 0 radical (unpaired) electrons. The molecule has 158 valence electrons. The molecule has 1 N–H and O–H groups in total. The van der Waals surface area contributed by atoms with Crippen LogP contribution < -0.4 is 5.32 Å². The van der Waals surface area contributed by atoms with Crippen LogP contribution in [0.25, 0.3) is 27.5 Å². The summed E-state index contributed by atoms with van der Waals surface area (Å²) in [6, 6.07) is 21.0. The van der Waals surface area contributed by atoms with Gasteiger partial charge in [-0.2, -0.15) is 18.3 Å². The van der Waals surface area contributed by atoms with Gasteiger partial charge in [-0.05, 0) is 42.5 Å². The number of nitrogens with zero attached hydrogens (tertiary/aromatic N) is 3. The molecule has 5 nitrogen and oxygen atoms in total. The van der Waals surface area contributed by atoms with Gasteiger partial charge in [-0.15, -0.1) is 0 Å². The van der Waals surface area contributed by atoms with Gasteiger partial charge in [0.05, 0.1) is 16.8 Å². The average molecular weight is 432 g/mol. The second kappa shape index (κ2) is 7.49. The van der Waals surface area contributed by atoms with Gasteiger partial charge in [0.2, 0.25) is 0 Å². The molecule has 0 fully saturated rings. The first-order valence-electron chi connectivity index (χ1n) is 9.72. The van der Waals surface area contributed by atoms with E-state index in [0.717, 1.165) is 40.7 Å². The summed E-state index contributed by atoms with van der Waals surface area (Å²) in [6.07, 6.45) is -2.60. The molecule has 0 bridgehead atoms. The first kappa shape index (κ1) is 19.7. The van der Waals surface area contributed by atoms with Crippen LogP contribution in [0.3, 0.4) is 0 Å². The molecular weight excluding hydrogens is 417 g/mol. The lowest BCUT2D eigenvalue weighted by Crippen LogP contribution is -2.14. The largest absolute Gasteiger partial charge is 0.416 e. The minimum Gasteiger partial charge on any atom is -0.305 e. The van der Waals surface area contributed by atoms with Gasteiger partial charge in [-0.3, -0.25) is 4.79 Å². The highest BCUT2D eigenvalue weighted by molar-refractivity contribution is 6.13. The lowest BCUT2D eigenvalue weighted by Gasteiger charge is -2.09. The molecule has 0 atom stereocenters. The lowest BCUT2D eigenvalue weighted by molar-refractivity contribution is -0.137. The maximum atomic E-state index is 12.8. The van der Waals surface area contributed by atoms with Gasteiger partial charge in [-0.25, -0.2) is 9.67 Å². The van der Waals surface area contributed by atoms with Gasteiger partial charge in [0.25, 0.3) is 5.91 Å². The topological polar surface area (TPSA) is 59.8 Å². The SMILES string of the molecule is O=C(Nc1nc2ccccc2c2cn(-c3ccccc3)nc12)c1ccc(C(F)(F)F)cc1. The summed E-state index contributed by atoms with van der Waals surface area (Å²) < 4.78 is 40.1. The maximum absolute atomic E-state index is 12.8. The predicted molar refractivity (Wildman–Crippen MR) is 116 cm³/mol. The van der Waals surface area contributed by atoms with Gasteiger partial charge in [0.15, 0.2) is 5.82 Å². The number of aromatic nitrogens is 3. The van der Waals surface area contributed by atoms with Crippen molar-refractivity contribution in [2.75, 3.05) is 5.32 Å². The zero-order chi connectivity index (χ0) is 22.3. The van der Waals surface area contributed by atoms with Crippen molar-refractivity contribution in [1.82, 2.24) is 14.8 Å². The number of carbonyl (C=O) groups is 1. The number of hydrogen-bond acceptors (Lipinski definition) is 3. The van der Waals surface area contributed by atoms with Crippen LogP contribution in [0.15, 0.2) is 85.1 Å². The van der Waals surface area contributed by atoms with E-state index in [1.165, 1.54) is 0 Å². The molecule has 32 heavy (non-hydrogen) atoms. The molecule has 1 amide bonds. The zero-order valence-corrected chi connectivity index (χ0v) is 16.5. The van der Waals surface area contributed by atoms with E-state index in [4.69, 9.17) is 0 Å². The van der Waals surface area contributed by atoms with E-state index in [2.05, 4.69) is 15.4 Å².